The van der Waals surface area contributed by atoms with Gasteiger partial charge in [-0.05, 0) is 13.5 Å². The van der Waals surface area contributed by atoms with Crippen LogP contribution < -0.4 is 19.5 Å². The number of benzene rings is 1. The smallest absolute Gasteiger partial charge is 0.131 e. The quantitative estimate of drug-likeness (QED) is 0.827. The molecule has 1 aromatic carbocycles. The van der Waals surface area contributed by atoms with Gasteiger partial charge in [-0.1, -0.05) is 6.92 Å². The molecule has 1 rings (SSSR count). The van der Waals surface area contributed by atoms with Gasteiger partial charge in [0.25, 0.3) is 0 Å². The molecule has 0 saturated heterocycles. The molecule has 96 valence electrons. The van der Waals surface area contributed by atoms with Crippen molar-refractivity contribution in [2.45, 2.75) is 19.4 Å². The normalized spacial score (nSPS) is 12.1. The third kappa shape index (κ3) is 2.82. The summed E-state index contributed by atoms with van der Waals surface area (Å²) in [5.74, 6) is 2.29. The molecule has 0 aromatic heterocycles. The fraction of sp³-hybridized carbons (Fsp3) is 0.538. The predicted octanol–water partition coefficient (Wildman–Crippen LogP) is 2.38. The number of rotatable bonds is 6. The molecule has 1 atom stereocenters. The van der Waals surface area contributed by atoms with Gasteiger partial charge in [0.15, 0.2) is 0 Å². The summed E-state index contributed by atoms with van der Waals surface area (Å²) in [5.41, 5.74) is 1.03. The van der Waals surface area contributed by atoms with Crippen LogP contribution in [-0.4, -0.2) is 28.4 Å². The van der Waals surface area contributed by atoms with Crippen LogP contribution in [0.15, 0.2) is 12.1 Å². The molecule has 4 heteroatoms. The van der Waals surface area contributed by atoms with Gasteiger partial charge in [-0.2, -0.15) is 0 Å². The van der Waals surface area contributed by atoms with Crippen molar-refractivity contribution < 1.29 is 14.2 Å². The van der Waals surface area contributed by atoms with E-state index in [4.69, 9.17) is 14.2 Å². The Bertz CT molecular complexity index is 337. The zero-order valence-electron chi connectivity index (χ0n) is 11.2. The molecular weight excluding hydrogens is 218 g/mol. The van der Waals surface area contributed by atoms with Crippen molar-refractivity contribution in [3.63, 3.8) is 0 Å². The molecule has 1 unspecified atom stereocenters. The maximum absolute atomic E-state index is 5.41. The van der Waals surface area contributed by atoms with Crippen LogP contribution in [0.25, 0.3) is 0 Å². The Kier molecular flexibility index (Phi) is 5.10. The van der Waals surface area contributed by atoms with Crippen LogP contribution in [0.4, 0.5) is 0 Å². The molecule has 0 heterocycles. The Morgan fingerprint density at radius 2 is 1.59 bits per heavy atom. The van der Waals surface area contributed by atoms with Crippen molar-refractivity contribution in [3.8, 4) is 17.2 Å². The molecule has 0 aliphatic rings. The van der Waals surface area contributed by atoms with E-state index in [1.165, 1.54) is 0 Å². The van der Waals surface area contributed by atoms with Gasteiger partial charge in [0.2, 0.25) is 0 Å². The lowest BCUT2D eigenvalue weighted by molar-refractivity contribution is 0.358. The molecule has 0 bridgehead atoms. The van der Waals surface area contributed by atoms with Crippen LogP contribution in [-0.2, 0) is 0 Å². The van der Waals surface area contributed by atoms with E-state index in [1.54, 1.807) is 21.3 Å². The topological polar surface area (TPSA) is 39.7 Å². The van der Waals surface area contributed by atoms with Gasteiger partial charge < -0.3 is 19.5 Å². The van der Waals surface area contributed by atoms with Crippen molar-refractivity contribution in [1.29, 1.82) is 0 Å². The summed E-state index contributed by atoms with van der Waals surface area (Å²) in [6, 6.07) is 3.95. The van der Waals surface area contributed by atoms with Gasteiger partial charge in [-0.3, -0.25) is 0 Å². The fourth-order valence-electron chi connectivity index (χ4n) is 1.93. The molecule has 0 aliphatic heterocycles. The Morgan fingerprint density at radius 3 is 1.88 bits per heavy atom. The van der Waals surface area contributed by atoms with E-state index >= 15 is 0 Å². The van der Waals surface area contributed by atoms with Crippen LogP contribution in [0.3, 0.4) is 0 Å². The molecular formula is C13H21NO3. The first kappa shape index (κ1) is 13.6. The molecule has 0 aliphatic carbocycles. The number of hydrogen-bond donors (Lipinski definition) is 1. The summed E-state index contributed by atoms with van der Waals surface area (Å²) in [4.78, 5) is 0. The van der Waals surface area contributed by atoms with Gasteiger partial charge in [-0.15, -0.1) is 0 Å². The second-order valence-corrected chi connectivity index (χ2v) is 3.70. The van der Waals surface area contributed by atoms with E-state index in [-0.39, 0.29) is 6.04 Å². The van der Waals surface area contributed by atoms with Gasteiger partial charge in [0.1, 0.15) is 17.2 Å². The lowest BCUT2D eigenvalue weighted by Gasteiger charge is -2.21. The molecule has 0 amide bonds. The molecule has 1 N–H and O–H groups in total. The zero-order chi connectivity index (χ0) is 12.8. The summed E-state index contributed by atoms with van der Waals surface area (Å²) in [6.45, 7) is 2.12. The molecule has 0 spiro atoms. The SMILES string of the molecule is CCC(NC)c1c(OC)cc(OC)cc1OC. The fourth-order valence-corrected chi connectivity index (χ4v) is 1.93. The van der Waals surface area contributed by atoms with Crippen molar-refractivity contribution in [3.05, 3.63) is 17.7 Å². The average molecular weight is 239 g/mol. The minimum atomic E-state index is 0.200. The van der Waals surface area contributed by atoms with Crippen LogP contribution in [0.5, 0.6) is 17.2 Å². The lowest BCUT2D eigenvalue weighted by atomic mass is 10.0. The van der Waals surface area contributed by atoms with Crippen molar-refractivity contribution in [2.75, 3.05) is 28.4 Å². The number of hydrogen-bond acceptors (Lipinski definition) is 4. The molecule has 0 radical (unpaired) electrons. The molecule has 0 saturated carbocycles. The van der Waals surface area contributed by atoms with E-state index in [9.17, 15) is 0 Å². The molecule has 17 heavy (non-hydrogen) atoms. The second-order valence-electron chi connectivity index (χ2n) is 3.70. The highest BCUT2D eigenvalue weighted by molar-refractivity contribution is 5.52. The van der Waals surface area contributed by atoms with Gasteiger partial charge >= 0.3 is 0 Å². The van der Waals surface area contributed by atoms with Gasteiger partial charge in [-0.25, -0.2) is 0 Å². The molecule has 4 nitrogen and oxygen atoms in total. The lowest BCUT2D eigenvalue weighted by Crippen LogP contribution is -2.17. The minimum absolute atomic E-state index is 0.200. The van der Waals surface area contributed by atoms with E-state index in [0.29, 0.717) is 0 Å². The van der Waals surface area contributed by atoms with E-state index < -0.39 is 0 Å². The van der Waals surface area contributed by atoms with Crippen LogP contribution in [0.1, 0.15) is 24.9 Å². The Hall–Kier alpha value is -1.42. The van der Waals surface area contributed by atoms with E-state index in [2.05, 4.69) is 12.2 Å². The summed E-state index contributed by atoms with van der Waals surface area (Å²) >= 11 is 0. The third-order valence-corrected chi connectivity index (χ3v) is 2.86. The summed E-state index contributed by atoms with van der Waals surface area (Å²) in [5, 5.41) is 3.25. The monoisotopic (exact) mass is 239 g/mol. The summed E-state index contributed by atoms with van der Waals surface area (Å²) < 4.78 is 16.1. The minimum Gasteiger partial charge on any atom is -0.496 e. The second kappa shape index (κ2) is 6.35. The van der Waals surface area contributed by atoms with Crippen molar-refractivity contribution >= 4 is 0 Å². The standard InChI is InChI=1S/C13H21NO3/c1-6-10(14-2)13-11(16-4)7-9(15-3)8-12(13)17-5/h7-8,10,14H,6H2,1-5H3. The highest BCUT2D eigenvalue weighted by Gasteiger charge is 2.19. The first-order valence-corrected chi connectivity index (χ1v) is 5.68. The number of methoxy groups -OCH3 is 3. The van der Waals surface area contributed by atoms with Crippen LogP contribution in [0, 0.1) is 0 Å². The van der Waals surface area contributed by atoms with Crippen LogP contribution >= 0.6 is 0 Å². The Morgan fingerprint density at radius 1 is 1.06 bits per heavy atom. The number of nitrogens with one attached hydrogen (secondary N) is 1. The van der Waals surface area contributed by atoms with Gasteiger partial charge in [0.05, 0.1) is 26.9 Å². The van der Waals surface area contributed by atoms with Gasteiger partial charge in [0, 0.05) is 18.2 Å². The first-order valence-electron chi connectivity index (χ1n) is 5.68. The molecule has 1 aromatic rings. The highest BCUT2D eigenvalue weighted by Crippen LogP contribution is 2.39. The molecule has 0 fully saturated rings. The highest BCUT2D eigenvalue weighted by atomic mass is 16.5. The third-order valence-electron chi connectivity index (χ3n) is 2.86. The van der Waals surface area contributed by atoms with Crippen LogP contribution in [0.2, 0.25) is 0 Å². The predicted molar refractivity (Wildman–Crippen MR) is 68.2 cm³/mol. The average Bonchev–Trinajstić information content (AvgIpc) is 2.39. The van der Waals surface area contributed by atoms with E-state index in [1.807, 2.05) is 19.2 Å². The first-order chi connectivity index (χ1) is 8.21. The van der Waals surface area contributed by atoms with Crippen molar-refractivity contribution in [1.82, 2.24) is 5.32 Å². The Balaban J connectivity index is 3.33. The van der Waals surface area contributed by atoms with Crippen molar-refractivity contribution in [2.24, 2.45) is 0 Å². The zero-order valence-corrected chi connectivity index (χ0v) is 11.2. The Labute approximate surface area is 103 Å². The largest absolute Gasteiger partial charge is 0.496 e. The van der Waals surface area contributed by atoms with E-state index in [0.717, 1.165) is 29.2 Å². The maximum atomic E-state index is 5.41. The number of ether oxygens (including phenoxy) is 3. The summed E-state index contributed by atoms with van der Waals surface area (Å²) in [7, 11) is 6.86. The maximum Gasteiger partial charge on any atom is 0.131 e. The summed E-state index contributed by atoms with van der Waals surface area (Å²) in [6.07, 6.45) is 0.954.